The molecule has 1 aliphatic rings. The monoisotopic (exact) mass is 556 g/mol. The van der Waals surface area contributed by atoms with Crippen molar-refractivity contribution in [1.29, 1.82) is 0 Å². The molecule has 1 aromatic carbocycles. The maximum Gasteiger partial charge on any atom is 0.145 e. The molecule has 0 spiro atoms. The minimum Gasteiger partial charge on any atom is -0.381 e. The summed E-state index contributed by atoms with van der Waals surface area (Å²) in [5.74, 6) is 1.06. The van der Waals surface area contributed by atoms with Gasteiger partial charge in [0.25, 0.3) is 0 Å². The molecule has 5 aromatic rings. The summed E-state index contributed by atoms with van der Waals surface area (Å²) >= 11 is 0. The van der Waals surface area contributed by atoms with Crippen molar-refractivity contribution in [2.45, 2.75) is 32.2 Å². The number of aromatic nitrogens is 6. The molecule has 0 radical (unpaired) electrons. The second-order valence-corrected chi connectivity index (χ2v) is 11.0. The van der Waals surface area contributed by atoms with Crippen molar-refractivity contribution in [1.82, 2.24) is 34.8 Å². The fourth-order valence-electron chi connectivity index (χ4n) is 6.09. The summed E-state index contributed by atoms with van der Waals surface area (Å²) < 4.78 is 25.3. The largest absolute Gasteiger partial charge is 0.381 e. The van der Waals surface area contributed by atoms with Gasteiger partial charge in [0.15, 0.2) is 0 Å². The highest BCUT2D eigenvalue weighted by Gasteiger charge is 2.29. The maximum absolute atomic E-state index is 15.6. The summed E-state index contributed by atoms with van der Waals surface area (Å²) in [7, 11) is 5.88. The summed E-state index contributed by atoms with van der Waals surface area (Å²) in [6.45, 7) is 5.06. The van der Waals surface area contributed by atoms with Gasteiger partial charge in [-0.2, -0.15) is 0 Å². The Hall–Kier alpha value is -3.89. The highest BCUT2D eigenvalue weighted by atomic mass is 19.1. The molecular formula is C31H37FN8O. The number of aryl methyl sites for hydroxylation is 2. The van der Waals surface area contributed by atoms with E-state index in [4.69, 9.17) is 14.7 Å². The zero-order valence-corrected chi connectivity index (χ0v) is 24.1. The lowest BCUT2D eigenvalue weighted by molar-refractivity contribution is 0.0608. The molecule has 0 bridgehead atoms. The first-order valence-electron chi connectivity index (χ1n) is 14.3. The smallest absolute Gasteiger partial charge is 0.145 e. The molecule has 5 heterocycles. The standard InChI is InChI=1S/C31H37FN8O/c1-20-30(39(4)37-36-20)22-18-27-29(34-19-22)24-9-10-28(38(3)14-13-33-2)35-31(24)40(27)26(17-21-11-15-41-16-12-21)23-7-5-6-8-25(23)32/h5-10,18-19,21,26,33H,11-17H2,1-4H3. The lowest BCUT2D eigenvalue weighted by atomic mass is 9.89. The third-order valence-corrected chi connectivity index (χ3v) is 8.30. The molecule has 214 valence electrons. The van der Waals surface area contributed by atoms with Crippen LogP contribution in [0.4, 0.5) is 10.2 Å². The van der Waals surface area contributed by atoms with Crippen molar-refractivity contribution in [3.05, 3.63) is 65.7 Å². The van der Waals surface area contributed by atoms with Crippen molar-refractivity contribution in [3.8, 4) is 11.3 Å². The number of pyridine rings is 2. The summed E-state index contributed by atoms with van der Waals surface area (Å²) in [5, 5.41) is 12.6. The number of hydrogen-bond donors (Lipinski definition) is 1. The van der Waals surface area contributed by atoms with Crippen molar-refractivity contribution in [3.63, 3.8) is 0 Å². The Kier molecular flexibility index (Phi) is 7.68. The van der Waals surface area contributed by atoms with E-state index in [2.05, 4.69) is 37.2 Å². The van der Waals surface area contributed by atoms with E-state index >= 15 is 4.39 Å². The molecule has 1 unspecified atom stereocenters. The van der Waals surface area contributed by atoms with Crippen LogP contribution in [0.3, 0.4) is 0 Å². The minimum absolute atomic E-state index is 0.211. The first-order valence-corrected chi connectivity index (χ1v) is 14.3. The molecule has 1 N–H and O–H groups in total. The first-order chi connectivity index (χ1) is 20.0. The van der Waals surface area contributed by atoms with Crippen LogP contribution in [0, 0.1) is 18.7 Å². The van der Waals surface area contributed by atoms with E-state index in [1.54, 1.807) is 16.8 Å². The lowest BCUT2D eigenvalue weighted by Gasteiger charge is -2.29. The average molecular weight is 557 g/mol. The summed E-state index contributed by atoms with van der Waals surface area (Å²) in [6, 6.07) is 13.1. The predicted molar refractivity (Wildman–Crippen MR) is 160 cm³/mol. The molecule has 10 heteroatoms. The molecule has 41 heavy (non-hydrogen) atoms. The molecule has 4 aromatic heterocycles. The van der Waals surface area contributed by atoms with E-state index in [9.17, 15) is 0 Å². The predicted octanol–water partition coefficient (Wildman–Crippen LogP) is 4.89. The first kappa shape index (κ1) is 27.3. The summed E-state index contributed by atoms with van der Waals surface area (Å²) in [4.78, 5) is 12.3. The Balaban J connectivity index is 1.61. The number of hydrogen-bond acceptors (Lipinski definition) is 7. The molecule has 1 saturated heterocycles. The third kappa shape index (κ3) is 5.17. The second kappa shape index (κ2) is 11.5. The number of benzene rings is 1. The Labute approximate surface area is 239 Å². The van der Waals surface area contributed by atoms with E-state index < -0.39 is 0 Å². The second-order valence-electron chi connectivity index (χ2n) is 11.0. The molecule has 6 rings (SSSR count). The van der Waals surface area contributed by atoms with Gasteiger partial charge in [0, 0.05) is 63.1 Å². The van der Waals surface area contributed by atoms with Crippen molar-refractivity contribution in [2.75, 3.05) is 45.3 Å². The van der Waals surface area contributed by atoms with Crippen molar-refractivity contribution in [2.24, 2.45) is 13.0 Å². The Morgan fingerprint density at radius 1 is 1.17 bits per heavy atom. The molecule has 1 atom stereocenters. The van der Waals surface area contributed by atoms with Gasteiger partial charge in [0.1, 0.15) is 17.3 Å². The van der Waals surface area contributed by atoms with Crippen LogP contribution in [0.1, 0.15) is 36.6 Å². The average Bonchev–Trinajstić information content (AvgIpc) is 3.50. The van der Waals surface area contributed by atoms with Crippen LogP contribution >= 0.6 is 0 Å². The number of anilines is 1. The van der Waals surface area contributed by atoms with E-state index in [0.29, 0.717) is 11.5 Å². The fraction of sp³-hybridized carbons (Fsp3) is 0.419. The van der Waals surface area contributed by atoms with Crippen LogP contribution in [0.5, 0.6) is 0 Å². The SMILES string of the molecule is CNCCN(C)c1ccc2c3ncc(-c4c(C)nnn4C)cc3n(C(CC3CCOCC3)c3ccccc3F)c2n1. The van der Waals surface area contributed by atoms with Gasteiger partial charge in [0.2, 0.25) is 0 Å². The Morgan fingerprint density at radius 2 is 1.98 bits per heavy atom. The highest BCUT2D eigenvalue weighted by Crippen LogP contribution is 2.40. The van der Waals surface area contributed by atoms with Gasteiger partial charge in [0.05, 0.1) is 28.5 Å². The molecule has 0 aliphatic carbocycles. The lowest BCUT2D eigenvalue weighted by Crippen LogP contribution is -2.27. The van der Waals surface area contributed by atoms with E-state index in [1.165, 1.54) is 0 Å². The normalized spacial score (nSPS) is 15.1. The van der Waals surface area contributed by atoms with Gasteiger partial charge >= 0.3 is 0 Å². The van der Waals surface area contributed by atoms with Gasteiger partial charge < -0.3 is 19.5 Å². The van der Waals surface area contributed by atoms with Crippen LogP contribution < -0.4 is 10.2 Å². The van der Waals surface area contributed by atoms with Crippen LogP contribution in [0.2, 0.25) is 0 Å². The topological polar surface area (TPSA) is 85.9 Å². The quantitative estimate of drug-likeness (QED) is 0.277. The number of nitrogens with one attached hydrogen (secondary N) is 1. The molecule has 1 fully saturated rings. The third-order valence-electron chi connectivity index (χ3n) is 8.30. The molecule has 1 aliphatic heterocycles. The Morgan fingerprint density at radius 3 is 2.71 bits per heavy atom. The molecule has 0 saturated carbocycles. The van der Waals surface area contributed by atoms with E-state index in [1.807, 2.05) is 52.5 Å². The van der Waals surface area contributed by atoms with Crippen LogP contribution in [-0.2, 0) is 11.8 Å². The molecular weight excluding hydrogens is 519 g/mol. The van der Waals surface area contributed by atoms with Gasteiger partial charge in [-0.15, -0.1) is 5.10 Å². The number of rotatable bonds is 9. The number of likely N-dealkylation sites (N-methyl/N-ethyl adjacent to an activating group) is 2. The highest BCUT2D eigenvalue weighted by molar-refractivity contribution is 6.05. The Bertz CT molecular complexity index is 1650. The zero-order chi connectivity index (χ0) is 28.5. The van der Waals surface area contributed by atoms with Gasteiger partial charge in [-0.05, 0) is 63.4 Å². The fourth-order valence-corrected chi connectivity index (χ4v) is 6.09. The van der Waals surface area contributed by atoms with Gasteiger partial charge in [-0.3, -0.25) is 4.98 Å². The maximum atomic E-state index is 15.6. The number of fused-ring (bicyclic) bond motifs is 3. The number of ether oxygens (including phenoxy) is 1. The van der Waals surface area contributed by atoms with Crippen molar-refractivity contribution >= 4 is 27.9 Å². The van der Waals surface area contributed by atoms with Crippen LogP contribution in [-0.4, -0.2) is 69.9 Å². The zero-order valence-electron chi connectivity index (χ0n) is 24.1. The molecule has 0 amide bonds. The van der Waals surface area contributed by atoms with Gasteiger partial charge in [-0.1, -0.05) is 23.4 Å². The summed E-state index contributed by atoms with van der Waals surface area (Å²) in [6.07, 6.45) is 4.57. The summed E-state index contributed by atoms with van der Waals surface area (Å²) in [5.41, 5.74) is 5.88. The van der Waals surface area contributed by atoms with Crippen LogP contribution in [0.25, 0.3) is 33.3 Å². The van der Waals surface area contributed by atoms with Crippen molar-refractivity contribution < 1.29 is 9.13 Å². The van der Waals surface area contributed by atoms with Crippen LogP contribution in [0.15, 0.2) is 48.7 Å². The molecule has 9 nitrogen and oxygen atoms in total. The minimum atomic E-state index is -0.271. The van der Waals surface area contributed by atoms with E-state index in [0.717, 1.165) is 90.4 Å². The van der Waals surface area contributed by atoms with E-state index in [-0.39, 0.29) is 11.9 Å². The number of nitrogens with zero attached hydrogens (tertiary/aromatic N) is 7. The van der Waals surface area contributed by atoms with Gasteiger partial charge in [-0.25, -0.2) is 14.1 Å². The number of halogens is 1.